The first-order valence-corrected chi connectivity index (χ1v) is 9.01. The van der Waals surface area contributed by atoms with Gasteiger partial charge in [0.1, 0.15) is 11.5 Å². The molecule has 1 aromatic carbocycles. The van der Waals surface area contributed by atoms with Gasteiger partial charge in [0.15, 0.2) is 0 Å². The van der Waals surface area contributed by atoms with Crippen LogP contribution in [-0.2, 0) is 11.3 Å². The second kappa shape index (κ2) is 7.23. The van der Waals surface area contributed by atoms with Crippen LogP contribution >= 0.6 is 0 Å². The molecule has 0 unspecified atom stereocenters. The third kappa shape index (κ3) is 3.47. The van der Waals surface area contributed by atoms with Gasteiger partial charge in [-0.2, -0.15) is 5.10 Å². The van der Waals surface area contributed by atoms with Crippen molar-refractivity contribution in [2.24, 2.45) is 5.92 Å². The summed E-state index contributed by atoms with van der Waals surface area (Å²) in [7, 11) is 0. The van der Waals surface area contributed by atoms with Crippen LogP contribution in [0, 0.1) is 11.7 Å². The van der Waals surface area contributed by atoms with Gasteiger partial charge in [-0.05, 0) is 44.0 Å². The zero-order valence-electron chi connectivity index (χ0n) is 14.2. The highest BCUT2D eigenvalue weighted by molar-refractivity contribution is 5.32. The van der Waals surface area contributed by atoms with Gasteiger partial charge in [-0.1, -0.05) is 12.1 Å². The molecule has 2 fully saturated rings. The summed E-state index contributed by atoms with van der Waals surface area (Å²) in [5.41, 5.74) is 1.38. The number of para-hydroxylation sites is 1. The Morgan fingerprint density at radius 2 is 2.12 bits per heavy atom. The highest BCUT2D eigenvalue weighted by atomic mass is 19.1. The monoisotopic (exact) mass is 345 g/mol. The molecule has 4 rings (SSSR count). The zero-order chi connectivity index (χ0) is 17.2. The minimum absolute atomic E-state index is 0.171. The van der Waals surface area contributed by atoms with Crippen LogP contribution in [0.1, 0.15) is 25.0 Å². The van der Waals surface area contributed by atoms with Gasteiger partial charge in [-0.15, -0.1) is 0 Å². The summed E-state index contributed by atoms with van der Waals surface area (Å²) in [4.78, 5) is 2.39. The van der Waals surface area contributed by atoms with E-state index in [9.17, 15) is 9.50 Å². The maximum absolute atomic E-state index is 13.9. The Bertz CT molecular complexity index is 720. The number of hydrogen-bond acceptors (Lipinski definition) is 4. The first-order valence-electron chi connectivity index (χ1n) is 9.01. The van der Waals surface area contributed by atoms with Crippen molar-refractivity contribution >= 4 is 0 Å². The molecule has 1 aromatic heterocycles. The summed E-state index contributed by atoms with van der Waals surface area (Å²) in [6, 6.07) is 8.92. The molecule has 2 aliphatic rings. The van der Waals surface area contributed by atoms with E-state index in [0.29, 0.717) is 24.9 Å². The molecule has 1 N–H and O–H groups in total. The third-order valence-electron chi connectivity index (χ3n) is 5.38. The molecule has 0 amide bonds. The molecule has 3 heterocycles. The average molecular weight is 345 g/mol. The van der Waals surface area contributed by atoms with E-state index in [1.54, 1.807) is 29.1 Å². The van der Waals surface area contributed by atoms with Crippen molar-refractivity contribution in [1.82, 2.24) is 14.7 Å². The Hall–Kier alpha value is -1.76. The maximum atomic E-state index is 13.9. The number of benzene rings is 1. The van der Waals surface area contributed by atoms with Gasteiger partial charge in [0, 0.05) is 31.3 Å². The van der Waals surface area contributed by atoms with E-state index in [2.05, 4.69) is 10.00 Å². The summed E-state index contributed by atoms with van der Waals surface area (Å²) < 4.78 is 21.1. The lowest BCUT2D eigenvalue weighted by Gasteiger charge is -2.36. The van der Waals surface area contributed by atoms with E-state index in [4.69, 9.17) is 4.74 Å². The van der Waals surface area contributed by atoms with Crippen LogP contribution < -0.4 is 0 Å². The molecule has 0 bridgehead atoms. The SMILES string of the molecule is O[C@@H]1CCOC[C@H]1[C@@H]1CCCN1Cc1ccn(-c2ccccc2F)n1. The van der Waals surface area contributed by atoms with E-state index in [1.807, 2.05) is 6.07 Å². The topological polar surface area (TPSA) is 50.5 Å². The molecular weight excluding hydrogens is 321 g/mol. The first kappa shape index (κ1) is 16.7. The fourth-order valence-electron chi connectivity index (χ4n) is 4.08. The number of halogens is 1. The van der Waals surface area contributed by atoms with Crippen molar-refractivity contribution < 1.29 is 14.2 Å². The lowest BCUT2D eigenvalue weighted by atomic mass is 9.89. The van der Waals surface area contributed by atoms with Crippen LogP contribution in [0.2, 0.25) is 0 Å². The van der Waals surface area contributed by atoms with E-state index in [1.165, 1.54) is 6.07 Å². The molecule has 6 heteroatoms. The molecular formula is C19H24FN3O2. The number of hydrogen-bond donors (Lipinski definition) is 1. The quantitative estimate of drug-likeness (QED) is 0.924. The number of aromatic nitrogens is 2. The van der Waals surface area contributed by atoms with Crippen molar-refractivity contribution in [3.63, 3.8) is 0 Å². The fraction of sp³-hybridized carbons (Fsp3) is 0.526. The van der Waals surface area contributed by atoms with Gasteiger partial charge in [-0.25, -0.2) is 9.07 Å². The van der Waals surface area contributed by atoms with Crippen molar-refractivity contribution in [1.29, 1.82) is 0 Å². The second-order valence-corrected chi connectivity index (χ2v) is 6.98. The molecule has 134 valence electrons. The number of nitrogens with zero attached hydrogens (tertiary/aromatic N) is 3. The molecule has 0 spiro atoms. The summed E-state index contributed by atoms with van der Waals surface area (Å²) in [5, 5.41) is 14.9. The molecule has 25 heavy (non-hydrogen) atoms. The summed E-state index contributed by atoms with van der Waals surface area (Å²) >= 11 is 0. The smallest absolute Gasteiger partial charge is 0.148 e. The van der Waals surface area contributed by atoms with Crippen molar-refractivity contribution in [2.75, 3.05) is 19.8 Å². The highest BCUT2D eigenvalue weighted by Crippen LogP contribution is 2.30. The number of aliphatic hydroxyl groups excluding tert-OH is 1. The zero-order valence-corrected chi connectivity index (χ0v) is 14.2. The molecule has 0 radical (unpaired) electrons. The Balaban J connectivity index is 1.47. The molecule has 2 saturated heterocycles. The standard InChI is InChI=1S/C19H24FN3O2/c20-16-4-1-2-5-18(16)23-10-7-14(21-23)12-22-9-3-6-17(22)15-13-25-11-8-19(15)24/h1-2,4-5,7,10,15,17,19,24H,3,6,8-9,11-13H2/t15-,17-,19+/m0/s1. The van der Waals surface area contributed by atoms with Gasteiger partial charge < -0.3 is 9.84 Å². The molecule has 2 aliphatic heterocycles. The normalized spacial score (nSPS) is 27.7. The fourth-order valence-corrected chi connectivity index (χ4v) is 4.08. The van der Waals surface area contributed by atoms with E-state index in [0.717, 1.165) is 38.0 Å². The minimum Gasteiger partial charge on any atom is -0.393 e. The predicted molar refractivity (Wildman–Crippen MR) is 91.9 cm³/mol. The van der Waals surface area contributed by atoms with Gasteiger partial charge in [0.05, 0.1) is 18.4 Å². The predicted octanol–water partition coefficient (Wildman–Crippen LogP) is 2.37. The Labute approximate surface area is 147 Å². The molecule has 0 aliphatic carbocycles. The van der Waals surface area contributed by atoms with E-state index < -0.39 is 0 Å². The average Bonchev–Trinajstić information content (AvgIpc) is 3.26. The molecule has 0 saturated carbocycles. The van der Waals surface area contributed by atoms with Crippen molar-refractivity contribution in [3.05, 3.63) is 48.0 Å². The second-order valence-electron chi connectivity index (χ2n) is 6.98. The van der Waals surface area contributed by atoms with Crippen LogP contribution in [0.25, 0.3) is 5.69 Å². The number of aliphatic hydroxyl groups is 1. The van der Waals surface area contributed by atoms with Crippen LogP contribution in [0.5, 0.6) is 0 Å². The first-order chi connectivity index (χ1) is 12.2. The Morgan fingerprint density at radius 3 is 2.96 bits per heavy atom. The van der Waals surface area contributed by atoms with Gasteiger partial charge >= 0.3 is 0 Å². The van der Waals surface area contributed by atoms with Crippen LogP contribution in [0.4, 0.5) is 4.39 Å². The summed E-state index contributed by atoms with van der Waals surface area (Å²) in [6.07, 6.45) is 4.45. The lowest BCUT2D eigenvalue weighted by Crippen LogP contribution is -2.45. The molecule has 3 atom stereocenters. The number of likely N-dealkylation sites (tertiary alicyclic amines) is 1. The Kier molecular flexibility index (Phi) is 4.83. The molecule has 2 aromatic rings. The van der Waals surface area contributed by atoms with Crippen LogP contribution in [-0.4, -0.2) is 51.7 Å². The number of rotatable bonds is 4. The van der Waals surface area contributed by atoms with Gasteiger partial charge in [0.2, 0.25) is 0 Å². The van der Waals surface area contributed by atoms with Crippen molar-refractivity contribution in [3.8, 4) is 5.69 Å². The van der Waals surface area contributed by atoms with Gasteiger partial charge in [-0.3, -0.25) is 4.90 Å². The van der Waals surface area contributed by atoms with Crippen molar-refractivity contribution in [2.45, 2.75) is 38.0 Å². The maximum Gasteiger partial charge on any atom is 0.148 e. The largest absolute Gasteiger partial charge is 0.393 e. The lowest BCUT2D eigenvalue weighted by molar-refractivity contribution is -0.0637. The molecule has 5 nitrogen and oxygen atoms in total. The van der Waals surface area contributed by atoms with E-state index >= 15 is 0 Å². The van der Waals surface area contributed by atoms with Crippen LogP contribution in [0.15, 0.2) is 36.5 Å². The summed E-state index contributed by atoms with van der Waals surface area (Å²) in [6.45, 7) is 3.00. The Morgan fingerprint density at radius 1 is 1.24 bits per heavy atom. The van der Waals surface area contributed by atoms with Gasteiger partial charge in [0.25, 0.3) is 0 Å². The highest BCUT2D eigenvalue weighted by Gasteiger charge is 2.37. The van der Waals surface area contributed by atoms with E-state index in [-0.39, 0.29) is 17.8 Å². The summed E-state index contributed by atoms with van der Waals surface area (Å²) in [5.74, 6) is -0.108. The number of ether oxygens (including phenoxy) is 1. The minimum atomic E-state index is -0.282. The third-order valence-corrected chi connectivity index (χ3v) is 5.38. The van der Waals surface area contributed by atoms with Crippen LogP contribution in [0.3, 0.4) is 0 Å².